The molecule has 1 aliphatic rings. The number of hydrogen-bond acceptors (Lipinski definition) is 2. The molecule has 6 heteroatoms. The van der Waals surface area contributed by atoms with E-state index in [1.54, 1.807) is 11.1 Å². The van der Waals surface area contributed by atoms with Gasteiger partial charge in [-0.3, -0.25) is 4.79 Å². The molecular weight excluding hydrogens is 317 g/mol. The summed E-state index contributed by atoms with van der Waals surface area (Å²) in [5.41, 5.74) is 0.300. The summed E-state index contributed by atoms with van der Waals surface area (Å²) in [7, 11) is 0. The van der Waals surface area contributed by atoms with E-state index in [0.717, 1.165) is 25.2 Å². The number of carbonyl (C=O) groups is 1. The van der Waals surface area contributed by atoms with Crippen molar-refractivity contribution in [2.45, 2.75) is 32.2 Å². The normalized spacial score (nSPS) is 18.2. The average Bonchev–Trinajstić information content (AvgIpc) is 3.02. The third-order valence-corrected chi connectivity index (χ3v) is 4.49. The Morgan fingerprint density at radius 2 is 2.26 bits per heavy atom. The van der Waals surface area contributed by atoms with E-state index in [1.165, 1.54) is 18.2 Å². The highest BCUT2D eigenvalue weighted by molar-refractivity contribution is 6.31. The van der Waals surface area contributed by atoms with Gasteiger partial charge in [0.1, 0.15) is 11.6 Å². The van der Waals surface area contributed by atoms with Crippen LogP contribution in [0.2, 0.25) is 5.02 Å². The topological polar surface area (TPSA) is 38.1 Å². The molecule has 122 valence electrons. The van der Waals surface area contributed by atoms with Gasteiger partial charge in [-0.05, 0) is 38.0 Å². The molecule has 1 saturated heterocycles. The van der Waals surface area contributed by atoms with E-state index in [2.05, 4.69) is 16.5 Å². The third kappa shape index (κ3) is 3.39. The fraction of sp³-hybridized carbons (Fsp3) is 0.412. The highest BCUT2D eigenvalue weighted by Gasteiger charge is 2.28. The van der Waals surface area contributed by atoms with Crippen molar-refractivity contribution in [2.75, 3.05) is 13.1 Å². The Morgan fingerprint density at radius 3 is 3.00 bits per heavy atom. The number of nitrogens with zero attached hydrogens (tertiary/aromatic N) is 3. The van der Waals surface area contributed by atoms with Crippen molar-refractivity contribution in [1.82, 2.24) is 14.5 Å². The first-order valence-electron chi connectivity index (χ1n) is 7.85. The molecular formula is C17H19ClFN3O. The van der Waals surface area contributed by atoms with Crippen LogP contribution >= 0.6 is 11.6 Å². The summed E-state index contributed by atoms with van der Waals surface area (Å²) < 4.78 is 15.6. The van der Waals surface area contributed by atoms with Gasteiger partial charge in [-0.2, -0.15) is 0 Å². The molecule has 0 aliphatic carbocycles. The maximum absolute atomic E-state index is 13.5. The Bertz CT molecular complexity index is 695. The Balaban J connectivity index is 1.79. The van der Waals surface area contributed by atoms with Gasteiger partial charge in [0.2, 0.25) is 0 Å². The average molecular weight is 336 g/mol. The van der Waals surface area contributed by atoms with E-state index in [0.29, 0.717) is 18.7 Å². The number of aryl methyl sites for hydroxylation is 1. The van der Waals surface area contributed by atoms with Crippen LogP contribution in [0.25, 0.3) is 0 Å². The summed E-state index contributed by atoms with van der Waals surface area (Å²) in [5.74, 6) is 0.565. The first kappa shape index (κ1) is 16.0. The number of aromatic nitrogens is 2. The van der Waals surface area contributed by atoms with Crippen molar-refractivity contribution >= 4 is 17.5 Å². The number of piperidine rings is 1. The van der Waals surface area contributed by atoms with Crippen molar-refractivity contribution in [3.05, 3.63) is 52.8 Å². The molecule has 1 amide bonds. The summed E-state index contributed by atoms with van der Waals surface area (Å²) in [5, 5.41) is 0.239. The lowest BCUT2D eigenvalue weighted by Gasteiger charge is -2.32. The van der Waals surface area contributed by atoms with Gasteiger partial charge in [-0.1, -0.05) is 11.6 Å². The highest BCUT2D eigenvalue weighted by Crippen LogP contribution is 2.27. The van der Waals surface area contributed by atoms with Crippen molar-refractivity contribution in [1.29, 1.82) is 0 Å². The van der Waals surface area contributed by atoms with Crippen molar-refractivity contribution in [3.8, 4) is 0 Å². The molecule has 2 heterocycles. The summed E-state index contributed by atoms with van der Waals surface area (Å²) in [6, 6.07) is 3.96. The smallest absolute Gasteiger partial charge is 0.254 e. The molecule has 1 aliphatic heterocycles. The van der Waals surface area contributed by atoms with Gasteiger partial charge in [0.05, 0.1) is 0 Å². The number of halogens is 2. The largest absolute Gasteiger partial charge is 0.338 e. The molecule has 1 unspecified atom stereocenters. The fourth-order valence-corrected chi connectivity index (χ4v) is 3.40. The number of carbonyl (C=O) groups excluding carboxylic acids is 1. The standard InChI is InChI=1S/C17H19ClFN3O/c1-2-21-7-5-20-16(21)12-4-3-6-22(11-12)17(23)13-8-14(18)10-15(19)9-13/h5,7-10,12H,2-4,6,11H2,1H3. The van der Waals surface area contributed by atoms with Crippen LogP contribution in [0.1, 0.15) is 41.9 Å². The van der Waals surface area contributed by atoms with Crippen molar-refractivity contribution in [3.63, 3.8) is 0 Å². The van der Waals surface area contributed by atoms with E-state index in [-0.39, 0.29) is 16.8 Å². The van der Waals surface area contributed by atoms with Crippen LogP contribution in [0.3, 0.4) is 0 Å². The molecule has 0 N–H and O–H groups in total. The van der Waals surface area contributed by atoms with Crippen LogP contribution in [0.15, 0.2) is 30.6 Å². The molecule has 1 aromatic heterocycles. The molecule has 0 saturated carbocycles. The zero-order valence-electron chi connectivity index (χ0n) is 13.0. The zero-order chi connectivity index (χ0) is 16.4. The van der Waals surface area contributed by atoms with E-state index in [1.807, 2.05) is 6.20 Å². The SMILES string of the molecule is CCn1ccnc1C1CCCN(C(=O)c2cc(F)cc(Cl)c2)C1. The molecule has 0 bridgehead atoms. The number of hydrogen-bond donors (Lipinski definition) is 0. The van der Waals surface area contributed by atoms with Crippen LogP contribution < -0.4 is 0 Å². The van der Waals surface area contributed by atoms with Crippen LogP contribution in [0.5, 0.6) is 0 Å². The molecule has 0 radical (unpaired) electrons. The maximum atomic E-state index is 13.5. The monoisotopic (exact) mass is 335 g/mol. The minimum absolute atomic E-state index is 0.175. The van der Waals surface area contributed by atoms with Gasteiger partial charge in [0, 0.05) is 48.5 Å². The number of amides is 1. The molecule has 0 spiro atoms. The van der Waals surface area contributed by atoms with Gasteiger partial charge >= 0.3 is 0 Å². The molecule has 1 atom stereocenters. The van der Waals surface area contributed by atoms with Crippen LogP contribution in [0.4, 0.5) is 4.39 Å². The van der Waals surface area contributed by atoms with Crippen LogP contribution in [-0.2, 0) is 6.54 Å². The van der Waals surface area contributed by atoms with Gasteiger partial charge in [0.15, 0.2) is 0 Å². The Kier molecular flexibility index (Phi) is 4.66. The summed E-state index contributed by atoms with van der Waals surface area (Å²) in [4.78, 5) is 18.9. The predicted molar refractivity (Wildman–Crippen MR) is 87.2 cm³/mol. The van der Waals surface area contributed by atoms with Crippen LogP contribution in [0, 0.1) is 5.82 Å². The molecule has 23 heavy (non-hydrogen) atoms. The minimum Gasteiger partial charge on any atom is -0.338 e. The Hall–Kier alpha value is -1.88. The van der Waals surface area contributed by atoms with Gasteiger partial charge < -0.3 is 9.47 Å². The van der Waals surface area contributed by atoms with Crippen molar-refractivity contribution in [2.24, 2.45) is 0 Å². The lowest BCUT2D eigenvalue weighted by Crippen LogP contribution is -2.39. The first-order valence-corrected chi connectivity index (χ1v) is 8.22. The summed E-state index contributed by atoms with van der Waals surface area (Å²) in [6.45, 7) is 4.21. The van der Waals surface area contributed by atoms with Crippen molar-refractivity contribution < 1.29 is 9.18 Å². The Morgan fingerprint density at radius 1 is 1.43 bits per heavy atom. The second-order valence-corrected chi connectivity index (χ2v) is 6.26. The molecule has 3 rings (SSSR count). The summed E-state index contributed by atoms with van der Waals surface area (Å²) in [6.07, 6.45) is 5.68. The predicted octanol–water partition coefficient (Wildman–Crippen LogP) is 3.72. The molecule has 1 fully saturated rings. The second kappa shape index (κ2) is 6.71. The number of rotatable bonds is 3. The molecule has 1 aromatic carbocycles. The van der Waals surface area contributed by atoms with Crippen LogP contribution in [-0.4, -0.2) is 33.4 Å². The Labute approximate surface area is 139 Å². The number of likely N-dealkylation sites (tertiary alicyclic amines) is 1. The maximum Gasteiger partial charge on any atom is 0.254 e. The van der Waals surface area contributed by atoms with E-state index < -0.39 is 5.82 Å². The second-order valence-electron chi connectivity index (χ2n) is 5.82. The summed E-state index contributed by atoms with van der Waals surface area (Å²) >= 11 is 5.86. The van der Waals surface area contributed by atoms with Gasteiger partial charge in [-0.25, -0.2) is 9.37 Å². The lowest BCUT2D eigenvalue weighted by atomic mass is 9.96. The first-order chi connectivity index (χ1) is 11.1. The third-order valence-electron chi connectivity index (χ3n) is 4.27. The number of benzene rings is 1. The molecule has 4 nitrogen and oxygen atoms in total. The lowest BCUT2D eigenvalue weighted by molar-refractivity contribution is 0.0703. The number of imidazole rings is 1. The highest BCUT2D eigenvalue weighted by atomic mass is 35.5. The van der Waals surface area contributed by atoms with Gasteiger partial charge in [0.25, 0.3) is 5.91 Å². The molecule has 2 aromatic rings. The minimum atomic E-state index is -0.490. The van der Waals surface area contributed by atoms with E-state index >= 15 is 0 Å². The van der Waals surface area contributed by atoms with Gasteiger partial charge in [-0.15, -0.1) is 0 Å². The fourth-order valence-electron chi connectivity index (χ4n) is 3.18. The zero-order valence-corrected chi connectivity index (χ0v) is 13.8. The van der Waals surface area contributed by atoms with E-state index in [4.69, 9.17) is 11.6 Å². The quantitative estimate of drug-likeness (QED) is 0.857. The van der Waals surface area contributed by atoms with E-state index in [9.17, 15) is 9.18 Å².